The number of ether oxygens (including phenoxy) is 2. The normalized spacial score (nSPS) is 12.9. The highest BCUT2D eigenvalue weighted by Crippen LogP contribution is 2.16. The number of esters is 2. The Bertz CT molecular complexity index is 340. The van der Waals surface area contributed by atoms with Gasteiger partial charge in [-0.1, -0.05) is 13.8 Å². The molecule has 0 rings (SSSR count). The van der Waals surface area contributed by atoms with E-state index in [9.17, 15) is 14.4 Å². The number of aliphatic carboxylic acids is 1. The van der Waals surface area contributed by atoms with E-state index in [-0.39, 0.29) is 12.3 Å². The standard InChI is InChI=1S/C13H22O6/c1-8(2)6-9(10(14)15)11(16)18-7-19-12(17)13(3,4)5/h8-9H,6-7H2,1-5H3,(H,14,15). The summed E-state index contributed by atoms with van der Waals surface area (Å²) in [5, 5.41) is 8.92. The van der Waals surface area contributed by atoms with Crippen molar-refractivity contribution in [1.82, 2.24) is 0 Å². The molecule has 0 radical (unpaired) electrons. The average molecular weight is 274 g/mol. The van der Waals surface area contributed by atoms with E-state index in [4.69, 9.17) is 9.84 Å². The second-order valence-corrected chi connectivity index (χ2v) is 5.78. The van der Waals surface area contributed by atoms with Gasteiger partial charge in [-0.15, -0.1) is 0 Å². The Morgan fingerprint density at radius 1 is 1.11 bits per heavy atom. The van der Waals surface area contributed by atoms with Gasteiger partial charge in [-0.05, 0) is 33.1 Å². The van der Waals surface area contributed by atoms with Gasteiger partial charge in [0.15, 0.2) is 5.92 Å². The maximum absolute atomic E-state index is 11.6. The molecule has 110 valence electrons. The molecule has 1 unspecified atom stereocenters. The summed E-state index contributed by atoms with van der Waals surface area (Å²) < 4.78 is 9.41. The lowest BCUT2D eigenvalue weighted by molar-refractivity contribution is -0.177. The fourth-order valence-electron chi connectivity index (χ4n) is 1.23. The minimum Gasteiger partial charge on any atom is -0.481 e. The molecule has 0 heterocycles. The summed E-state index contributed by atoms with van der Waals surface area (Å²) >= 11 is 0. The van der Waals surface area contributed by atoms with Gasteiger partial charge in [0, 0.05) is 0 Å². The lowest BCUT2D eigenvalue weighted by Crippen LogP contribution is -2.30. The monoisotopic (exact) mass is 274 g/mol. The first kappa shape index (κ1) is 17.4. The molecule has 0 fully saturated rings. The highest BCUT2D eigenvalue weighted by Gasteiger charge is 2.29. The summed E-state index contributed by atoms with van der Waals surface area (Å²) in [6, 6.07) is 0. The van der Waals surface area contributed by atoms with E-state index >= 15 is 0 Å². The van der Waals surface area contributed by atoms with Crippen LogP contribution in [0.15, 0.2) is 0 Å². The van der Waals surface area contributed by atoms with Crippen LogP contribution in [0.2, 0.25) is 0 Å². The van der Waals surface area contributed by atoms with Crippen LogP contribution in [0.1, 0.15) is 41.0 Å². The molecule has 6 heteroatoms. The van der Waals surface area contributed by atoms with Crippen molar-refractivity contribution in [2.75, 3.05) is 6.79 Å². The Kier molecular flexibility index (Phi) is 6.52. The molecular weight excluding hydrogens is 252 g/mol. The smallest absolute Gasteiger partial charge is 0.323 e. The number of carbonyl (C=O) groups is 3. The Morgan fingerprint density at radius 2 is 1.63 bits per heavy atom. The Labute approximate surface area is 113 Å². The first-order chi connectivity index (χ1) is 8.55. The number of carbonyl (C=O) groups excluding carboxylic acids is 2. The van der Waals surface area contributed by atoms with E-state index in [2.05, 4.69) is 4.74 Å². The first-order valence-corrected chi connectivity index (χ1v) is 6.12. The van der Waals surface area contributed by atoms with Gasteiger partial charge in [0.1, 0.15) is 0 Å². The third-order valence-corrected chi connectivity index (χ3v) is 2.29. The summed E-state index contributed by atoms with van der Waals surface area (Å²) in [4.78, 5) is 33.9. The summed E-state index contributed by atoms with van der Waals surface area (Å²) in [5.74, 6) is -3.82. The molecule has 19 heavy (non-hydrogen) atoms. The maximum Gasteiger partial charge on any atom is 0.323 e. The molecule has 0 aliphatic carbocycles. The topological polar surface area (TPSA) is 89.9 Å². The summed E-state index contributed by atoms with van der Waals surface area (Å²) in [6.07, 6.45) is 0.182. The van der Waals surface area contributed by atoms with Crippen LogP contribution >= 0.6 is 0 Å². The van der Waals surface area contributed by atoms with Gasteiger partial charge < -0.3 is 14.6 Å². The van der Waals surface area contributed by atoms with Gasteiger partial charge in [0.2, 0.25) is 6.79 Å². The summed E-state index contributed by atoms with van der Waals surface area (Å²) in [5.41, 5.74) is -0.698. The second-order valence-electron chi connectivity index (χ2n) is 5.78. The zero-order valence-corrected chi connectivity index (χ0v) is 12.1. The Morgan fingerprint density at radius 3 is 2.00 bits per heavy atom. The van der Waals surface area contributed by atoms with Crippen LogP contribution < -0.4 is 0 Å². The molecule has 0 aliphatic heterocycles. The number of hydrogen-bond acceptors (Lipinski definition) is 5. The van der Waals surface area contributed by atoms with Gasteiger partial charge in [0.25, 0.3) is 0 Å². The van der Waals surface area contributed by atoms with E-state index in [1.807, 2.05) is 13.8 Å². The highest BCUT2D eigenvalue weighted by atomic mass is 16.7. The van der Waals surface area contributed by atoms with E-state index in [0.29, 0.717) is 0 Å². The highest BCUT2D eigenvalue weighted by molar-refractivity contribution is 5.93. The lowest BCUT2D eigenvalue weighted by atomic mass is 9.97. The quantitative estimate of drug-likeness (QED) is 0.451. The molecule has 0 aromatic rings. The van der Waals surface area contributed by atoms with Crippen molar-refractivity contribution in [3.8, 4) is 0 Å². The van der Waals surface area contributed by atoms with E-state index in [1.165, 1.54) is 0 Å². The molecule has 0 bridgehead atoms. The van der Waals surface area contributed by atoms with Crippen molar-refractivity contribution in [2.45, 2.75) is 41.0 Å². The summed E-state index contributed by atoms with van der Waals surface area (Å²) in [7, 11) is 0. The SMILES string of the molecule is CC(C)CC(C(=O)O)C(=O)OCOC(=O)C(C)(C)C. The fourth-order valence-corrected chi connectivity index (χ4v) is 1.23. The van der Waals surface area contributed by atoms with Crippen LogP contribution in [-0.2, 0) is 23.9 Å². The van der Waals surface area contributed by atoms with Crippen LogP contribution in [0.25, 0.3) is 0 Å². The number of hydrogen-bond donors (Lipinski definition) is 1. The van der Waals surface area contributed by atoms with Crippen molar-refractivity contribution < 1.29 is 29.0 Å². The molecule has 1 atom stereocenters. The molecule has 0 aliphatic rings. The molecule has 0 aromatic carbocycles. The molecule has 0 saturated carbocycles. The fraction of sp³-hybridized carbons (Fsp3) is 0.769. The number of carboxylic acid groups (broad SMARTS) is 1. The number of rotatable bonds is 6. The molecule has 0 saturated heterocycles. The van der Waals surface area contributed by atoms with Crippen LogP contribution in [0.5, 0.6) is 0 Å². The van der Waals surface area contributed by atoms with E-state index in [1.54, 1.807) is 20.8 Å². The molecule has 6 nitrogen and oxygen atoms in total. The Hall–Kier alpha value is -1.59. The summed E-state index contributed by atoms with van der Waals surface area (Å²) in [6.45, 7) is 8.05. The van der Waals surface area contributed by atoms with Crippen LogP contribution in [0.4, 0.5) is 0 Å². The largest absolute Gasteiger partial charge is 0.481 e. The van der Waals surface area contributed by atoms with Gasteiger partial charge in [-0.2, -0.15) is 0 Å². The number of carboxylic acids is 1. The van der Waals surface area contributed by atoms with Gasteiger partial charge in [0.05, 0.1) is 5.41 Å². The van der Waals surface area contributed by atoms with E-state index < -0.39 is 36.0 Å². The zero-order chi connectivity index (χ0) is 15.2. The van der Waals surface area contributed by atoms with Gasteiger partial charge >= 0.3 is 17.9 Å². The van der Waals surface area contributed by atoms with E-state index in [0.717, 1.165) is 0 Å². The van der Waals surface area contributed by atoms with Crippen molar-refractivity contribution in [3.05, 3.63) is 0 Å². The van der Waals surface area contributed by atoms with Gasteiger partial charge in [-0.3, -0.25) is 14.4 Å². The predicted octanol–water partition coefficient (Wildman–Crippen LogP) is 1.82. The molecule has 0 amide bonds. The third-order valence-electron chi connectivity index (χ3n) is 2.29. The van der Waals surface area contributed by atoms with Crippen molar-refractivity contribution >= 4 is 17.9 Å². The zero-order valence-electron chi connectivity index (χ0n) is 12.1. The van der Waals surface area contributed by atoms with Crippen molar-refractivity contribution in [1.29, 1.82) is 0 Å². The minimum absolute atomic E-state index is 0.0470. The Balaban J connectivity index is 4.29. The first-order valence-electron chi connectivity index (χ1n) is 6.12. The second kappa shape index (κ2) is 7.11. The molecule has 1 N–H and O–H groups in total. The molecule has 0 aromatic heterocycles. The van der Waals surface area contributed by atoms with Crippen molar-refractivity contribution in [2.24, 2.45) is 17.3 Å². The minimum atomic E-state index is -1.24. The van der Waals surface area contributed by atoms with Crippen LogP contribution in [0.3, 0.4) is 0 Å². The van der Waals surface area contributed by atoms with Crippen molar-refractivity contribution in [3.63, 3.8) is 0 Å². The predicted molar refractivity (Wildman–Crippen MR) is 67.1 cm³/mol. The maximum atomic E-state index is 11.6. The van der Waals surface area contributed by atoms with Gasteiger partial charge in [-0.25, -0.2) is 0 Å². The average Bonchev–Trinajstić information content (AvgIpc) is 2.23. The third kappa shape index (κ3) is 6.79. The molecular formula is C13H22O6. The molecule has 0 spiro atoms. The lowest BCUT2D eigenvalue weighted by Gasteiger charge is -2.17. The van der Waals surface area contributed by atoms with Crippen LogP contribution in [-0.4, -0.2) is 29.8 Å². The van der Waals surface area contributed by atoms with Crippen LogP contribution in [0, 0.1) is 17.3 Å².